The molecule has 4 rings (SSSR count). The van der Waals surface area contributed by atoms with Gasteiger partial charge in [0.2, 0.25) is 0 Å². The predicted molar refractivity (Wildman–Crippen MR) is 121 cm³/mol. The van der Waals surface area contributed by atoms with Crippen molar-refractivity contribution in [2.45, 2.75) is 11.8 Å². The van der Waals surface area contributed by atoms with Gasteiger partial charge in [-0.2, -0.15) is 0 Å². The van der Waals surface area contributed by atoms with Crippen LogP contribution in [0.3, 0.4) is 0 Å². The molecular formula is C21H16ClN3O3S2. The maximum Gasteiger partial charge on any atom is 0.263 e. The summed E-state index contributed by atoms with van der Waals surface area (Å²) in [6, 6.07) is 18.3. The summed E-state index contributed by atoms with van der Waals surface area (Å²) in [5, 5.41) is 3.67. The number of hydrogen-bond acceptors (Lipinski definition) is 5. The largest absolute Gasteiger partial charge is 0.322 e. The van der Waals surface area contributed by atoms with Gasteiger partial charge >= 0.3 is 0 Å². The number of thiazole rings is 1. The molecule has 0 aliphatic rings. The van der Waals surface area contributed by atoms with Crippen LogP contribution in [0, 0.1) is 6.92 Å². The molecule has 0 atom stereocenters. The van der Waals surface area contributed by atoms with E-state index in [1.807, 2.05) is 6.92 Å². The van der Waals surface area contributed by atoms with Crippen LogP contribution in [0.4, 0.5) is 10.8 Å². The number of nitrogens with zero attached hydrogens (tertiary/aromatic N) is 1. The molecule has 9 heteroatoms. The SMILES string of the molecule is Cc1cc(NC(=O)c2ccc(Cl)cc2)cc2sc(NS(=O)(=O)c3ccccc3)nc12. The molecule has 1 amide bonds. The van der Waals surface area contributed by atoms with Gasteiger partial charge in [-0.25, -0.2) is 13.4 Å². The van der Waals surface area contributed by atoms with Gasteiger partial charge < -0.3 is 5.32 Å². The number of halogens is 1. The third-order valence-electron chi connectivity index (χ3n) is 4.32. The van der Waals surface area contributed by atoms with Crippen molar-refractivity contribution < 1.29 is 13.2 Å². The molecule has 1 heterocycles. The molecule has 4 aromatic rings. The van der Waals surface area contributed by atoms with Crippen molar-refractivity contribution in [3.8, 4) is 0 Å². The van der Waals surface area contributed by atoms with Gasteiger partial charge in [0.1, 0.15) is 0 Å². The van der Waals surface area contributed by atoms with E-state index in [2.05, 4.69) is 15.0 Å². The fourth-order valence-corrected chi connectivity index (χ4v) is 5.26. The van der Waals surface area contributed by atoms with Crippen LogP contribution in [0.5, 0.6) is 0 Å². The summed E-state index contributed by atoms with van der Waals surface area (Å²) in [5.41, 5.74) is 2.58. The zero-order chi connectivity index (χ0) is 21.3. The molecule has 152 valence electrons. The molecule has 0 radical (unpaired) electrons. The van der Waals surface area contributed by atoms with Crippen LogP contribution < -0.4 is 10.0 Å². The first kappa shape index (κ1) is 20.3. The molecule has 0 unspecified atom stereocenters. The number of nitrogens with one attached hydrogen (secondary N) is 2. The minimum absolute atomic E-state index is 0.164. The fraction of sp³-hybridized carbons (Fsp3) is 0.0476. The smallest absolute Gasteiger partial charge is 0.263 e. The summed E-state index contributed by atoms with van der Waals surface area (Å²) < 4.78 is 28.4. The molecule has 0 fully saturated rings. The second kappa shape index (κ2) is 8.06. The second-order valence-corrected chi connectivity index (χ2v) is 9.69. The third kappa shape index (κ3) is 4.30. The van der Waals surface area contributed by atoms with Gasteiger partial charge in [0.25, 0.3) is 15.9 Å². The summed E-state index contributed by atoms with van der Waals surface area (Å²) in [7, 11) is -3.73. The van der Waals surface area contributed by atoms with E-state index in [1.54, 1.807) is 54.6 Å². The highest BCUT2D eigenvalue weighted by Crippen LogP contribution is 2.32. The Morgan fingerprint density at radius 1 is 1.03 bits per heavy atom. The van der Waals surface area contributed by atoms with E-state index in [1.165, 1.54) is 23.5 Å². The number of aromatic nitrogens is 1. The number of amides is 1. The number of sulfonamides is 1. The van der Waals surface area contributed by atoms with Gasteiger partial charge in [-0.3, -0.25) is 9.52 Å². The Kier molecular flexibility index (Phi) is 5.46. The van der Waals surface area contributed by atoms with Crippen LogP contribution in [-0.2, 0) is 10.0 Å². The minimum atomic E-state index is -3.73. The summed E-state index contributed by atoms with van der Waals surface area (Å²) in [6.07, 6.45) is 0. The topological polar surface area (TPSA) is 88.2 Å². The highest BCUT2D eigenvalue weighted by atomic mass is 35.5. The predicted octanol–water partition coefficient (Wildman–Crippen LogP) is 5.31. The van der Waals surface area contributed by atoms with E-state index in [0.717, 1.165) is 10.3 Å². The monoisotopic (exact) mass is 457 g/mol. The Balaban J connectivity index is 1.60. The molecule has 0 aliphatic carbocycles. The second-order valence-electron chi connectivity index (χ2n) is 6.54. The van der Waals surface area contributed by atoms with Crippen LogP contribution >= 0.6 is 22.9 Å². The number of rotatable bonds is 5. The number of aryl methyl sites for hydroxylation is 1. The first-order valence-electron chi connectivity index (χ1n) is 8.88. The molecule has 1 aromatic heterocycles. The number of hydrogen-bond donors (Lipinski definition) is 2. The lowest BCUT2D eigenvalue weighted by Crippen LogP contribution is -2.12. The molecule has 2 N–H and O–H groups in total. The third-order valence-corrected chi connectivity index (χ3v) is 6.98. The van der Waals surface area contributed by atoms with Crippen molar-refractivity contribution in [3.63, 3.8) is 0 Å². The highest BCUT2D eigenvalue weighted by molar-refractivity contribution is 7.93. The van der Waals surface area contributed by atoms with Gasteiger partial charge in [-0.1, -0.05) is 41.1 Å². The van der Waals surface area contributed by atoms with Crippen molar-refractivity contribution in [2.75, 3.05) is 10.0 Å². The van der Waals surface area contributed by atoms with Crippen molar-refractivity contribution in [3.05, 3.63) is 82.9 Å². The zero-order valence-corrected chi connectivity index (χ0v) is 18.1. The van der Waals surface area contributed by atoms with Crippen LogP contribution in [0.1, 0.15) is 15.9 Å². The quantitative estimate of drug-likeness (QED) is 0.425. The Morgan fingerprint density at radius 2 is 1.73 bits per heavy atom. The first-order valence-corrected chi connectivity index (χ1v) is 11.6. The average Bonchev–Trinajstić information content (AvgIpc) is 3.11. The number of carbonyl (C=O) groups is 1. The van der Waals surface area contributed by atoms with Crippen LogP contribution in [0.15, 0.2) is 71.6 Å². The summed E-state index contributed by atoms with van der Waals surface area (Å²) in [5.74, 6) is -0.264. The average molecular weight is 458 g/mol. The highest BCUT2D eigenvalue weighted by Gasteiger charge is 2.17. The Hall–Kier alpha value is -2.94. The van der Waals surface area contributed by atoms with Gasteiger partial charge in [0, 0.05) is 16.3 Å². The van der Waals surface area contributed by atoms with E-state index in [-0.39, 0.29) is 15.9 Å². The number of anilines is 2. The normalized spacial score (nSPS) is 11.4. The number of fused-ring (bicyclic) bond motifs is 1. The Bertz CT molecular complexity index is 1340. The van der Waals surface area contributed by atoms with Gasteiger partial charge in [0.05, 0.1) is 15.1 Å². The van der Waals surface area contributed by atoms with Gasteiger partial charge in [-0.05, 0) is 61.0 Å². The van der Waals surface area contributed by atoms with Crippen LogP contribution in [-0.4, -0.2) is 19.3 Å². The summed E-state index contributed by atoms with van der Waals surface area (Å²) in [6.45, 7) is 1.86. The fourth-order valence-electron chi connectivity index (χ4n) is 2.89. The molecule has 30 heavy (non-hydrogen) atoms. The molecule has 0 spiro atoms. The maximum atomic E-state index is 12.5. The van der Waals surface area contributed by atoms with E-state index in [9.17, 15) is 13.2 Å². The van der Waals surface area contributed by atoms with E-state index in [0.29, 0.717) is 21.8 Å². The molecule has 0 bridgehead atoms. The standard InChI is InChI=1S/C21H16ClN3O3S2/c1-13-11-16(23-20(26)14-7-9-15(22)10-8-14)12-18-19(13)24-21(29-18)25-30(27,28)17-5-3-2-4-6-17/h2-12H,1H3,(H,23,26)(H,24,25). The van der Waals surface area contributed by atoms with Gasteiger partial charge in [-0.15, -0.1) is 0 Å². The Morgan fingerprint density at radius 3 is 2.43 bits per heavy atom. The van der Waals surface area contributed by atoms with Crippen LogP contribution in [0.25, 0.3) is 10.2 Å². The lowest BCUT2D eigenvalue weighted by Gasteiger charge is -2.07. The van der Waals surface area contributed by atoms with Crippen molar-refractivity contribution in [2.24, 2.45) is 0 Å². The van der Waals surface area contributed by atoms with Gasteiger partial charge in [0.15, 0.2) is 5.13 Å². The Labute approximate surface area is 182 Å². The van der Waals surface area contributed by atoms with Crippen LogP contribution in [0.2, 0.25) is 5.02 Å². The molecule has 0 saturated heterocycles. The lowest BCUT2D eigenvalue weighted by molar-refractivity contribution is 0.102. The molecule has 0 aliphatic heterocycles. The number of carbonyl (C=O) groups excluding carboxylic acids is 1. The molecule has 6 nitrogen and oxygen atoms in total. The first-order chi connectivity index (χ1) is 14.3. The van der Waals surface area contributed by atoms with E-state index >= 15 is 0 Å². The zero-order valence-electron chi connectivity index (χ0n) is 15.7. The summed E-state index contributed by atoms with van der Waals surface area (Å²) in [4.78, 5) is 17.0. The van der Waals surface area contributed by atoms with Crippen molar-refractivity contribution in [1.29, 1.82) is 0 Å². The van der Waals surface area contributed by atoms with Crippen molar-refractivity contribution >= 4 is 59.9 Å². The lowest BCUT2D eigenvalue weighted by atomic mass is 10.1. The van der Waals surface area contributed by atoms with E-state index < -0.39 is 10.0 Å². The molecule has 0 saturated carbocycles. The molecule has 3 aromatic carbocycles. The number of benzene rings is 3. The maximum absolute atomic E-state index is 12.5. The summed E-state index contributed by atoms with van der Waals surface area (Å²) >= 11 is 7.07. The molecular weight excluding hydrogens is 442 g/mol. The van der Waals surface area contributed by atoms with Crippen molar-refractivity contribution in [1.82, 2.24) is 4.98 Å². The van der Waals surface area contributed by atoms with E-state index in [4.69, 9.17) is 11.6 Å². The minimum Gasteiger partial charge on any atom is -0.322 e.